The van der Waals surface area contributed by atoms with E-state index in [1.807, 2.05) is 0 Å². The number of phosphoric acid groups is 1. The van der Waals surface area contributed by atoms with Crippen molar-refractivity contribution >= 4 is 46.3 Å². The van der Waals surface area contributed by atoms with Gasteiger partial charge in [0.2, 0.25) is 0 Å². The van der Waals surface area contributed by atoms with Crippen LogP contribution in [0, 0.1) is 12.8 Å². The molecule has 25 heteroatoms. The lowest BCUT2D eigenvalue weighted by Gasteiger charge is -2.24. The van der Waals surface area contributed by atoms with Crippen LogP contribution in [0.25, 0.3) is 22.3 Å². The highest BCUT2D eigenvalue weighted by molar-refractivity contribution is 7.84. The van der Waals surface area contributed by atoms with Crippen LogP contribution < -0.4 is 16.0 Å². The SMILES string of the molecule is Cc1nc2c(nnn2C2OC3COP(=O)(O)OC4C(CNS(=O)(=O)OC2C3CO)OC(n2cnc3c(N)ncnc32)C4F)c(=O)[nH]1. The Morgan fingerprint density at radius 2 is 1.93 bits per heavy atom. The molecule has 9 unspecified atom stereocenters. The van der Waals surface area contributed by atoms with Gasteiger partial charge in [0.15, 0.2) is 41.3 Å². The van der Waals surface area contributed by atoms with E-state index in [1.165, 1.54) is 6.92 Å². The summed E-state index contributed by atoms with van der Waals surface area (Å²) in [6, 6.07) is 0. The summed E-state index contributed by atoms with van der Waals surface area (Å²) < 4.78 is 87.3. The van der Waals surface area contributed by atoms with Gasteiger partial charge in [-0.05, 0) is 6.92 Å². The van der Waals surface area contributed by atoms with Gasteiger partial charge in [-0.2, -0.15) is 17.8 Å². The third-order valence-electron chi connectivity index (χ3n) is 7.68. The zero-order valence-corrected chi connectivity index (χ0v) is 25.1. The fraction of sp³-hybridized carbons (Fsp3) is 0.571. The van der Waals surface area contributed by atoms with E-state index in [9.17, 15) is 27.8 Å². The van der Waals surface area contributed by atoms with E-state index in [1.54, 1.807) is 0 Å². The van der Waals surface area contributed by atoms with Crippen molar-refractivity contribution in [3.63, 3.8) is 0 Å². The fourth-order valence-electron chi connectivity index (χ4n) is 5.58. The average Bonchev–Trinajstić information content (AvgIpc) is 3.75. The molecule has 2 bridgehead atoms. The molecule has 248 valence electrons. The molecule has 0 aliphatic carbocycles. The first kappa shape index (κ1) is 31.0. The number of H-pyrrole nitrogens is 1. The van der Waals surface area contributed by atoms with Gasteiger partial charge < -0.3 is 30.2 Å². The van der Waals surface area contributed by atoms with Crippen molar-refractivity contribution in [3.8, 4) is 0 Å². The van der Waals surface area contributed by atoms with E-state index in [0.717, 1.165) is 21.9 Å². The molecular formula is C21H25FN11O11PS. The van der Waals surface area contributed by atoms with Crippen molar-refractivity contribution in [2.45, 2.75) is 50.0 Å². The average molecular weight is 690 g/mol. The Hall–Kier alpha value is -3.58. The Morgan fingerprint density at radius 3 is 2.72 bits per heavy atom. The topological polar surface area (TPSA) is 296 Å². The van der Waals surface area contributed by atoms with E-state index < -0.39 is 92.4 Å². The molecular weight excluding hydrogens is 664 g/mol. The number of nitrogens with two attached hydrogens (primary N) is 1. The number of alkyl halides is 1. The number of aromatic nitrogens is 9. The minimum absolute atomic E-state index is 0.00192. The van der Waals surface area contributed by atoms with Gasteiger partial charge in [0, 0.05) is 12.5 Å². The molecule has 3 saturated heterocycles. The number of nitrogens with one attached hydrogen (secondary N) is 2. The van der Waals surface area contributed by atoms with Gasteiger partial charge in [-0.25, -0.2) is 33.1 Å². The molecule has 7 rings (SSSR count). The van der Waals surface area contributed by atoms with E-state index in [2.05, 4.69) is 40.0 Å². The maximum Gasteiger partial charge on any atom is 0.472 e. The number of aryl methyl sites for hydroxylation is 1. The number of imidazole rings is 1. The Kier molecular flexibility index (Phi) is 7.62. The number of nitrogens with zero attached hydrogens (tertiary/aromatic N) is 8. The minimum Gasteiger partial charge on any atom is -0.396 e. The van der Waals surface area contributed by atoms with Crippen LogP contribution in [-0.2, 0) is 37.6 Å². The van der Waals surface area contributed by atoms with E-state index in [0.29, 0.717) is 0 Å². The Balaban J connectivity index is 1.22. The number of rotatable bonds is 3. The normalized spacial score (nSPS) is 35.0. The minimum atomic E-state index is -5.12. The number of hydrogen-bond acceptors (Lipinski definition) is 17. The lowest BCUT2D eigenvalue weighted by atomic mass is 10.00. The predicted octanol–water partition coefficient (Wildman–Crippen LogP) is -2.28. The van der Waals surface area contributed by atoms with Crippen LogP contribution in [0.2, 0.25) is 0 Å². The number of aliphatic hydroxyl groups excluding tert-OH is 1. The van der Waals surface area contributed by atoms with E-state index in [4.69, 9.17) is 28.4 Å². The van der Waals surface area contributed by atoms with Crippen LogP contribution in [0.5, 0.6) is 0 Å². The van der Waals surface area contributed by atoms with Crippen LogP contribution in [0.4, 0.5) is 10.2 Å². The summed E-state index contributed by atoms with van der Waals surface area (Å²) in [5, 5.41) is 17.9. The molecule has 4 aromatic rings. The van der Waals surface area contributed by atoms with E-state index >= 15 is 4.39 Å². The molecule has 3 aliphatic rings. The zero-order chi connectivity index (χ0) is 32.5. The second kappa shape index (κ2) is 11.3. The van der Waals surface area contributed by atoms with Crippen molar-refractivity contribution in [1.82, 2.24) is 49.2 Å². The first-order valence-electron chi connectivity index (χ1n) is 13.5. The number of nitrogen functional groups attached to an aromatic ring is 1. The number of hydrogen-bond donors (Lipinski definition) is 5. The van der Waals surface area contributed by atoms with Gasteiger partial charge >= 0.3 is 18.1 Å². The third kappa shape index (κ3) is 5.34. The lowest BCUT2D eigenvalue weighted by Crippen LogP contribution is -2.43. The molecule has 0 amide bonds. The maximum atomic E-state index is 15.9. The van der Waals surface area contributed by atoms with Gasteiger partial charge in [-0.15, -0.1) is 5.10 Å². The van der Waals surface area contributed by atoms with Crippen LogP contribution in [0.3, 0.4) is 0 Å². The monoisotopic (exact) mass is 689 g/mol. The highest BCUT2D eigenvalue weighted by atomic mass is 32.2. The number of halogens is 1. The first-order valence-corrected chi connectivity index (χ1v) is 16.4. The van der Waals surface area contributed by atoms with E-state index in [-0.39, 0.29) is 34.0 Å². The van der Waals surface area contributed by atoms with Gasteiger partial charge in [0.1, 0.15) is 36.0 Å². The summed E-state index contributed by atoms with van der Waals surface area (Å²) in [4.78, 5) is 41.6. The molecule has 3 aliphatic heterocycles. The highest BCUT2D eigenvalue weighted by Crippen LogP contribution is 2.50. The molecule has 46 heavy (non-hydrogen) atoms. The highest BCUT2D eigenvalue weighted by Gasteiger charge is 2.54. The summed E-state index contributed by atoms with van der Waals surface area (Å²) in [5.41, 5.74) is 5.09. The molecule has 0 spiro atoms. The first-order chi connectivity index (χ1) is 21.9. The number of anilines is 1. The third-order valence-corrected chi connectivity index (χ3v) is 9.66. The van der Waals surface area contributed by atoms with Gasteiger partial charge in [0.05, 0.1) is 25.6 Å². The van der Waals surface area contributed by atoms with Crippen molar-refractivity contribution < 1.29 is 50.1 Å². The van der Waals surface area contributed by atoms with Crippen molar-refractivity contribution in [2.24, 2.45) is 5.92 Å². The number of aliphatic hydroxyl groups is 1. The van der Waals surface area contributed by atoms with Crippen LogP contribution in [0.1, 0.15) is 18.3 Å². The molecule has 7 heterocycles. The molecule has 0 aromatic carbocycles. The Labute approximate surface area is 255 Å². The molecule has 9 atom stereocenters. The molecule has 0 radical (unpaired) electrons. The van der Waals surface area contributed by atoms with Gasteiger partial charge in [-0.1, -0.05) is 5.21 Å². The van der Waals surface area contributed by atoms with Crippen molar-refractivity contribution in [1.29, 1.82) is 0 Å². The largest absolute Gasteiger partial charge is 0.472 e. The van der Waals surface area contributed by atoms with Crippen molar-refractivity contribution in [2.75, 3.05) is 25.5 Å². The van der Waals surface area contributed by atoms with Crippen LogP contribution in [-0.4, -0.2) is 113 Å². The zero-order valence-electron chi connectivity index (χ0n) is 23.4. The standard InChI is InChI=1S/C21H25FN11O11PS/c1-7-28-18-13(19(35)29-7)30-31-33(18)21-14-8(3-34)10(42-21)4-40-45(36,37)43-15-9(2-27-46(38,39)44-14)41-20(11(15)22)32-6-26-12-16(23)24-5-25-17(12)32/h5-6,8-11,14-15,20-21,27,34H,2-4H2,1H3,(H,36,37)(H2,23,24,25)(H,28,29,35). The van der Waals surface area contributed by atoms with Gasteiger partial charge in [0.25, 0.3) is 5.56 Å². The smallest absolute Gasteiger partial charge is 0.396 e. The predicted molar refractivity (Wildman–Crippen MR) is 146 cm³/mol. The lowest BCUT2D eigenvalue weighted by molar-refractivity contribution is -0.0564. The molecule has 0 saturated carbocycles. The summed E-state index contributed by atoms with van der Waals surface area (Å²) in [5.74, 6) is -1.02. The molecule has 4 aromatic heterocycles. The quantitative estimate of drug-likeness (QED) is 0.142. The fourth-order valence-corrected chi connectivity index (χ4v) is 7.51. The Morgan fingerprint density at radius 1 is 1.15 bits per heavy atom. The molecule has 22 nitrogen and oxygen atoms in total. The van der Waals surface area contributed by atoms with Gasteiger partial charge in [-0.3, -0.25) is 18.4 Å². The summed E-state index contributed by atoms with van der Waals surface area (Å²) in [7, 11) is -9.88. The maximum absolute atomic E-state index is 15.9. The number of ether oxygens (including phenoxy) is 2. The molecule has 3 fully saturated rings. The van der Waals surface area contributed by atoms with Crippen molar-refractivity contribution in [3.05, 3.63) is 28.8 Å². The Bertz CT molecular complexity index is 2030. The van der Waals surface area contributed by atoms with Crippen LogP contribution in [0.15, 0.2) is 17.4 Å². The number of phosphoric ester groups is 1. The number of fused-ring (bicyclic) bond motifs is 5. The second-order valence-corrected chi connectivity index (χ2v) is 13.4. The summed E-state index contributed by atoms with van der Waals surface area (Å²) in [6.07, 6.45) is -9.19. The second-order valence-electron chi connectivity index (χ2n) is 10.6. The summed E-state index contributed by atoms with van der Waals surface area (Å²) >= 11 is 0. The number of aromatic amines is 1. The summed E-state index contributed by atoms with van der Waals surface area (Å²) in [6.45, 7) is -0.745. The van der Waals surface area contributed by atoms with Crippen LogP contribution >= 0.6 is 7.82 Å². The molecule has 6 N–H and O–H groups in total.